The first-order chi connectivity index (χ1) is 17.7. The van der Waals surface area contributed by atoms with E-state index in [0.717, 1.165) is 23.3 Å². The molecule has 0 aliphatic heterocycles. The third kappa shape index (κ3) is 5.80. The van der Waals surface area contributed by atoms with E-state index >= 15 is 0 Å². The molecule has 4 rings (SSSR count). The number of carbonyl (C=O) groups excluding carboxylic acids is 1. The topological polar surface area (TPSA) is 74.3 Å². The molecule has 2 aromatic heterocycles. The van der Waals surface area contributed by atoms with Gasteiger partial charge >= 0.3 is 5.97 Å². The van der Waals surface area contributed by atoms with Crippen LogP contribution < -0.4 is 5.56 Å². The molecule has 6 nitrogen and oxygen atoms in total. The van der Waals surface area contributed by atoms with Crippen molar-refractivity contribution in [3.05, 3.63) is 92.7 Å². The number of unbranched alkanes of at least 4 members (excludes halogenated alkanes) is 1. The van der Waals surface area contributed by atoms with Gasteiger partial charge in [0.1, 0.15) is 17.3 Å². The molecule has 0 saturated heterocycles. The van der Waals surface area contributed by atoms with Crippen LogP contribution in [0.1, 0.15) is 36.3 Å². The number of aromatic nitrogens is 2. The van der Waals surface area contributed by atoms with Crippen LogP contribution in [0.25, 0.3) is 28.3 Å². The second-order valence-corrected chi connectivity index (χ2v) is 9.14. The number of hydrogen-bond donors (Lipinski definition) is 0. The SMILES string of the molecule is COC(=O)CCCCc1nc(-c2ccc(=O)n(-c3c(C)cc(Cl)cc3C)c2)c(-c2ccc(F)cc2F)o1. The molecule has 192 valence electrons. The van der Waals surface area contributed by atoms with Gasteiger partial charge in [0.25, 0.3) is 5.56 Å². The first-order valence-electron chi connectivity index (χ1n) is 11.7. The van der Waals surface area contributed by atoms with E-state index in [1.807, 2.05) is 13.8 Å². The minimum atomic E-state index is -0.799. The summed E-state index contributed by atoms with van der Waals surface area (Å²) in [6.45, 7) is 3.71. The maximum absolute atomic E-state index is 14.8. The first-order valence-corrected chi connectivity index (χ1v) is 12.1. The molecule has 0 aliphatic carbocycles. The maximum atomic E-state index is 14.8. The lowest BCUT2D eigenvalue weighted by Gasteiger charge is -2.14. The van der Waals surface area contributed by atoms with E-state index < -0.39 is 11.6 Å². The highest BCUT2D eigenvalue weighted by Gasteiger charge is 2.21. The van der Waals surface area contributed by atoms with Crippen LogP contribution in [-0.2, 0) is 16.0 Å². The molecule has 4 aromatic rings. The smallest absolute Gasteiger partial charge is 0.305 e. The van der Waals surface area contributed by atoms with Crippen molar-refractivity contribution >= 4 is 17.6 Å². The predicted molar refractivity (Wildman–Crippen MR) is 137 cm³/mol. The number of oxazole rings is 1. The molecule has 0 N–H and O–H groups in total. The van der Waals surface area contributed by atoms with Gasteiger partial charge in [0, 0.05) is 41.8 Å². The van der Waals surface area contributed by atoms with E-state index in [1.54, 1.807) is 24.4 Å². The monoisotopic (exact) mass is 526 g/mol. The lowest BCUT2D eigenvalue weighted by atomic mass is 10.1. The number of pyridine rings is 1. The van der Waals surface area contributed by atoms with Crippen LogP contribution in [0.3, 0.4) is 0 Å². The lowest BCUT2D eigenvalue weighted by Crippen LogP contribution is -2.18. The van der Waals surface area contributed by atoms with Gasteiger partial charge in [-0.15, -0.1) is 0 Å². The van der Waals surface area contributed by atoms with Crippen molar-refractivity contribution in [1.82, 2.24) is 9.55 Å². The van der Waals surface area contributed by atoms with Gasteiger partial charge in [-0.2, -0.15) is 0 Å². The van der Waals surface area contributed by atoms with Gasteiger partial charge in [0.15, 0.2) is 11.7 Å². The number of esters is 1. The zero-order valence-electron chi connectivity index (χ0n) is 20.6. The van der Waals surface area contributed by atoms with Gasteiger partial charge in [-0.05, 0) is 68.1 Å². The van der Waals surface area contributed by atoms with Crippen molar-refractivity contribution in [3.8, 4) is 28.3 Å². The highest BCUT2D eigenvalue weighted by molar-refractivity contribution is 6.30. The second kappa shape index (κ2) is 11.1. The summed E-state index contributed by atoms with van der Waals surface area (Å²) in [6.07, 6.45) is 3.42. The van der Waals surface area contributed by atoms with Crippen LogP contribution in [-0.4, -0.2) is 22.6 Å². The summed E-state index contributed by atoms with van der Waals surface area (Å²) in [5.74, 6) is -1.37. The van der Waals surface area contributed by atoms with Crippen LogP contribution in [0.4, 0.5) is 8.78 Å². The summed E-state index contributed by atoms with van der Waals surface area (Å²) in [5, 5.41) is 0.561. The van der Waals surface area contributed by atoms with E-state index in [-0.39, 0.29) is 29.3 Å². The van der Waals surface area contributed by atoms with Gasteiger partial charge < -0.3 is 9.15 Å². The molecular weight excluding hydrogens is 502 g/mol. The van der Waals surface area contributed by atoms with Crippen LogP contribution >= 0.6 is 11.6 Å². The molecule has 0 unspecified atom stereocenters. The number of hydrogen-bond acceptors (Lipinski definition) is 5. The van der Waals surface area contributed by atoms with Gasteiger partial charge in [-0.1, -0.05) is 11.6 Å². The summed E-state index contributed by atoms with van der Waals surface area (Å²) in [7, 11) is 1.33. The Labute approximate surface area is 217 Å². The van der Waals surface area contributed by atoms with Crippen molar-refractivity contribution in [1.29, 1.82) is 0 Å². The Balaban J connectivity index is 1.80. The number of rotatable bonds is 8. The van der Waals surface area contributed by atoms with E-state index in [1.165, 1.54) is 23.8 Å². The van der Waals surface area contributed by atoms with E-state index in [2.05, 4.69) is 9.72 Å². The van der Waals surface area contributed by atoms with Crippen LogP contribution in [0, 0.1) is 25.5 Å². The number of aryl methyl sites for hydroxylation is 3. The van der Waals surface area contributed by atoms with Crippen molar-refractivity contribution in [2.75, 3.05) is 7.11 Å². The molecule has 0 bridgehead atoms. The Hall–Kier alpha value is -3.78. The normalized spacial score (nSPS) is 11.1. The van der Waals surface area contributed by atoms with Gasteiger partial charge in [0.2, 0.25) is 0 Å². The molecule has 0 saturated carbocycles. The maximum Gasteiger partial charge on any atom is 0.305 e. The molecule has 0 fully saturated rings. The fraction of sp³-hybridized carbons (Fsp3) is 0.250. The highest BCUT2D eigenvalue weighted by atomic mass is 35.5. The number of nitrogens with zero attached hydrogens (tertiary/aromatic N) is 2. The minimum absolute atomic E-state index is 0.0429. The van der Waals surface area contributed by atoms with E-state index in [4.69, 9.17) is 16.0 Å². The Morgan fingerprint density at radius 1 is 1.08 bits per heavy atom. The second-order valence-electron chi connectivity index (χ2n) is 8.71. The largest absolute Gasteiger partial charge is 0.469 e. The third-order valence-electron chi connectivity index (χ3n) is 5.98. The van der Waals surface area contributed by atoms with Crippen molar-refractivity contribution in [3.63, 3.8) is 0 Å². The van der Waals surface area contributed by atoms with E-state index in [0.29, 0.717) is 47.1 Å². The summed E-state index contributed by atoms with van der Waals surface area (Å²) in [4.78, 5) is 28.8. The van der Waals surface area contributed by atoms with Gasteiger partial charge in [0.05, 0.1) is 18.4 Å². The van der Waals surface area contributed by atoms with Crippen molar-refractivity contribution in [2.24, 2.45) is 0 Å². The summed E-state index contributed by atoms with van der Waals surface area (Å²) < 4.78 is 40.5. The zero-order chi connectivity index (χ0) is 26.7. The first kappa shape index (κ1) is 26.3. The number of carbonyl (C=O) groups is 1. The molecule has 0 spiro atoms. The molecule has 0 amide bonds. The Kier molecular flexibility index (Phi) is 7.88. The molecule has 37 heavy (non-hydrogen) atoms. The average Bonchev–Trinajstić information content (AvgIpc) is 3.26. The quantitative estimate of drug-likeness (QED) is 0.191. The van der Waals surface area contributed by atoms with Crippen LogP contribution in [0.5, 0.6) is 0 Å². The molecule has 0 aliphatic rings. The summed E-state index contributed by atoms with van der Waals surface area (Å²) in [6, 6.07) is 9.73. The third-order valence-corrected chi connectivity index (χ3v) is 6.20. The molecule has 2 heterocycles. The number of benzene rings is 2. The molecular formula is C28H25ClF2N2O4. The lowest BCUT2D eigenvalue weighted by molar-refractivity contribution is -0.140. The van der Waals surface area contributed by atoms with Crippen LogP contribution in [0.15, 0.2) is 57.9 Å². The number of halogens is 3. The summed E-state index contributed by atoms with van der Waals surface area (Å²) in [5.41, 5.74) is 2.89. The summed E-state index contributed by atoms with van der Waals surface area (Å²) >= 11 is 6.17. The molecule has 0 radical (unpaired) electrons. The zero-order valence-corrected chi connectivity index (χ0v) is 21.4. The highest BCUT2D eigenvalue weighted by Crippen LogP contribution is 2.35. The van der Waals surface area contributed by atoms with E-state index in [9.17, 15) is 18.4 Å². The fourth-order valence-corrected chi connectivity index (χ4v) is 4.58. The van der Waals surface area contributed by atoms with Gasteiger partial charge in [-0.3, -0.25) is 14.2 Å². The Bertz CT molecular complexity index is 1500. The molecule has 9 heteroatoms. The Morgan fingerprint density at radius 2 is 1.81 bits per heavy atom. The Morgan fingerprint density at radius 3 is 2.49 bits per heavy atom. The molecule has 0 atom stereocenters. The molecule has 2 aromatic carbocycles. The average molecular weight is 527 g/mol. The van der Waals surface area contributed by atoms with Crippen molar-refractivity contribution in [2.45, 2.75) is 39.5 Å². The minimum Gasteiger partial charge on any atom is -0.469 e. The standard InChI is InChI=1S/C28H25ClF2N2O4/c1-16-12-19(29)13-17(2)27(16)33-15-18(8-11-24(33)34)26-28(21-10-9-20(30)14-22(21)31)37-23(32-26)6-4-5-7-25(35)36-3/h8-15H,4-7H2,1-3H3. The van der Waals surface area contributed by atoms with Gasteiger partial charge in [-0.25, -0.2) is 13.8 Å². The fourth-order valence-electron chi connectivity index (χ4n) is 4.26. The predicted octanol–water partition coefficient (Wildman–Crippen LogP) is 6.59. The number of methoxy groups -OCH3 is 1. The van der Waals surface area contributed by atoms with Crippen molar-refractivity contribution < 1.29 is 22.7 Å². The van der Waals surface area contributed by atoms with Crippen LogP contribution in [0.2, 0.25) is 5.02 Å². The number of ether oxygens (including phenoxy) is 1.